The van der Waals surface area contributed by atoms with Gasteiger partial charge in [0.25, 0.3) is 0 Å². The van der Waals surface area contributed by atoms with Crippen LogP contribution in [0, 0.1) is 34.0 Å². The van der Waals surface area contributed by atoms with Gasteiger partial charge in [0, 0.05) is 32.7 Å². The summed E-state index contributed by atoms with van der Waals surface area (Å²) in [4.78, 5) is 0. The quantitative estimate of drug-likeness (QED) is 0.162. The summed E-state index contributed by atoms with van der Waals surface area (Å²) in [6.45, 7) is 0. The maximum atomic E-state index is 15.0. The number of halogens is 6. The number of nitrogens with zero attached hydrogens (tertiary/aromatic N) is 5. The third kappa shape index (κ3) is 6.40. The summed E-state index contributed by atoms with van der Waals surface area (Å²) in [6, 6.07) is 51.2. The molecule has 0 saturated heterocycles. The van der Waals surface area contributed by atoms with Crippen molar-refractivity contribution < 1.29 is 26.3 Å². The molecule has 11 heteroatoms. The molecule has 64 heavy (non-hydrogen) atoms. The fraction of sp³-hybridized carbons (Fsp3) is 0.0377. The first kappa shape index (κ1) is 39.5. The molecular weight excluding hydrogens is 821 g/mol. The minimum atomic E-state index is -5.23. The van der Waals surface area contributed by atoms with Gasteiger partial charge in [-0.05, 0) is 95.1 Å². The molecular formula is C53H27F6N5. The molecule has 0 aliphatic rings. The lowest BCUT2D eigenvalue weighted by molar-refractivity contribution is -0.142. The van der Waals surface area contributed by atoms with Gasteiger partial charge in [0.2, 0.25) is 0 Å². The highest BCUT2D eigenvalue weighted by Crippen LogP contribution is 2.48. The largest absolute Gasteiger partial charge is 0.417 e. The average Bonchev–Trinajstić information content (AvgIpc) is 3.82. The second-order valence-electron chi connectivity index (χ2n) is 15.3. The number of fused-ring (bicyclic) bond motifs is 6. The first-order valence-corrected chi connectivity index (χ1v) is 19.8. The standard InChI is InChI=1S/C53H27F6N5/c54-52(55,56)43-14-7-15-44(53(57,58)59)51(43)42-27-50(64-46-17-4-2-13-39(46)41-21-19-36(25-48(41)64)34-11-6-9-32(23-34)29-61)49(26-37(42)30-62)63-45-16-3-1-12-38(45)40-20-18-35(24-47(40)63)33-10-5-8-31(22-33)28-60/h1-27H. The van der Waals surface area contributed by atoms with Crippen LogP contribution in [-0.4, -0.2) is 9.13 Å². The monoisotopic (exact) mass is 847 g/mol. The first-order valence-electron chi connectivity index (χ1n) is 19.8. The predicted octanol–water partition coefficient (Wildman–Crippen LogP) is 14.5. The van der Waals surface area contributed by atoms with E-state index in [1.807, 2.05) is 106 Å². The summed E-state index contributed by atoms with van der Waals surface area (Å²) in [5, 5.41) is 33.3. The summed E-state index contributed by atoms with van der Waals surface area (Å²) in [5.41, 5.74) is 1.45. The van der Waals surface area contributed by atoms with E-state index in [0.29, 0.717) is 68.2 Å². The van der Waals surface area contributed by atoms with E-state index in [1.54, 1.807) is 42.5 Å². The Labute approximate surface area is 360 Å². The maximum Gasteiger partial charge on any atom is 0.417 e. The van der Waals surface area contributed by atoms with Gasteiger partial charge < -0.3 is 9.13 Å². The molecule has 0 fully saturated rings. The van der Waals surface area contributed by atoms with Gasteiger partial charge in [-0.1, -0.05) is 91.0 Å². The summed E-state index contributed by atoms with van der Waals surface area (Å²) in [5.74, 6) is 0. The van der Waals surface area contributed by atoms with Crippen LogP contribution in [0.3, 0.4) is 0 Å². The average molecular weight is 848 g/mol. The molecule has 0 aliphatic heterocycles. The molecule has 0 unspecified atom stereocenters. The SMILES string of the molecule is N#Cc1cccc(-c2ccc3c4ccccc4n(-c4cc(C#N)c(-c5c(C(F)(F)F)cccc5C(F)(F)F)cc4-n4c5ccccc5c5ccc(-c6cccc(C#N)c6)cc54)c3c2)c1. The fourth-order valence-electron chi connectivity index (χ4n) is 8.91. The van der Waals surface area contributed by atoms with Crippen molar-refractivity contribution in [3.63, 3.8) is 0 Å². The highest BCUT2D eigenvalue weighted by molar-refractivity contribution is 6.13. The van der Waals surface area contributed by atoms with E-state index in [0.717, 1.165) is 32.7 Å². The Morgan fingerprint density at radius 2 is 0.797 bits per heavy atom. The number of benzene rings is 8. The number of para-hydroxylation sites is 2. The number of hydrogen-bond acceptors (Lipinski definition) is 3. The Morgan fingerprint density at radius 3 is 1.25 bits per heavy atom. The van der Waals surface area contributed by atoms with Crippen molar-refractivity contribution in [2.75, 3.05) is 0 Å². The van der Waals surface area contributed by atoms with Gasteiger partial charge in [0.1, 0.15) is 0 Å². The third-order valence-electron chi connectivity index (χ3n) is 11.7. The Bertz CT molecular complexity index is 3670. The van der Waals surface area contributed by atoms with Gasteiger partial charge in [-0.25, -0.2) is 0 Å². The predicted molar refractivity (Wildman–Crippen MR) is 236 cm³/mol. The van der Waals surface area contributed by atoms with Crippen molar-refractivity contribution in [1.82, 2.24) is 9.13 Å². The van der Waals surface area contributed by atoms with E-state index < -0.39 is 40.2 Å². The van der Waals surface area contributed by atoms with Crippen LogP contribution in [-0.2, 0) is 12.4 Å². The van der Waals surface area contributed by atoms with Crippen molar-refractivity contribution in [2.24, 2.45) is 0 Å². The molecule has 5 nitrogen and oxygen atoms in total. The van der Waals surface area contributed by atoms with E-state index in [9.17, 15) is 42.1 Å². The van der Waals surface area contributed by atoms with Crippen LogP contribution in [0.25, 0.3) is 88.4 Å². The van der Waals surface area contributed by atoms with Crippen molar-refractivity contribution in [2.45, 2.75) is 12.4 Å². The zero-order chi connectivity index (χ0) is 44.5. The van der Waals surface area contributed by atoms with Crippen LogP contribution in [0.15, 0.2) is 164 Å². The minimum Gasteiger partial charge on any atom is -0.307 e. The Hall–Kier alpha value is -8.59. The Morgan fingerprint density at radius 1 is 0.375 bits per heavy atom. The van der Waals surface area contributed by atoms with Crippen molar-refractivity contribution >= 4 is 43.6 Å². The summed E-state index contributed by atoms with van der Waals surface area (Å²) < 4.78 is 93.5. The molecule has 0 amide bonds. The zero-order valence-electron chi connectivity index (χ0n) is 33.1. The topological polar surface area (TPSA) is 81.2 Å². The highest BCUT2D eigenvalue weighted by Gasteiger charge is 2.42. The van der Waals surface area contributed by atoms with Crippen LogP contribution in [0.4, 0.5) is 26.3 Å². The van der Waals surface area contributed by atoms with Gasteiger partial charge >= 0.3 is 12.4 Å². The van der Waals surface area contributed by atoms with Gasteiger partial charge in [0.05, 0.1) is 79.5 Å². The number of aromatic nitrogens is 2. The van der Waals surface area contributed by atoms with Gasteiger partial charge in [0.15, 0.2) is 0 Å². The van der Waals surface area contributed by atoms with Crippen LogP contribution in [0.2, 0.25) is 0 Å². The molecule has 10 rings (SSSR count). The fourth-order valence-corrected chi connectivity index (χ4v) is 8.91. The van der Waals surface area contributed by atoms with Gasteiger partial charge in [-0.2, -0.15) is 42.1 Å². The number of rotatable bonds is 5. The lowest BCUT2D eigenvalue weighted by Crippen LogP contribution is -2.15. The molecule has 0 atom stereocenters. The van der Waals surface area contributed by atoms with E-state index in [2.05, 4.69) is 12.1 Å². The Balaban J connectivity index is 1.39. The number of alkyl halides is 6. The summed E-state index contributed by atoms with van der Waals surface area (Å²) >= 11 is 0. The van der Waals surface area contributed by atoms with E-state index in [1.165, 1.54) is 12.1 Å². The lowest BCUT2D eigenvalue weighted by Gasteiger charge is -2.23. The normalized spacial score (nSPS) is 11.9. The van der Waals surface area contributed by atoms with Crippen LogP contribution >= 0.6 is 0 Å². The van der Waals surface area contributed by atoms with E-state index in [4.69, 9.17) is 0 Å². The van der Waals surface area contributed by atoms with Gasteiger partial charge in [-0.15, -0.1) is 0 Å². The molecule has 2 aromatic heterocycles. The molecule has 0 radical (unpaired) electrons. The highest BCUT2D eigenvalue weighted by atomic mass is 19.4. The molecule has 0 aliphatic carbocycles. The Kier molecular flexibility index (Phi) is 9.14. The molecule has 306 valence electrons. The molecule has 8 aromatic carbocycles. The molecule has 0 bridgehead atoms. The molecule has 10 aromatic rings. The van der Waals surface area contributed by atoms with Crippen LogP contribution in [0.1, 0.15) is 27.8 Å². The molecule has 0 N–H and O–H groups in total. The molecule has 2 heterocycles. The zero-order valence-corrected chi connectivity index (χ0v) is 33.1. The van der Waals surface area contributed by atoms with E-state index in [-0.39, 0.29) is 5.69 Å². The molecule has 0 spiro atoms. The third-order valence-corrected chi connectivity index (χ3v) is 11.7. The lowest BCUT2D eigenvalue weighted by atomic mass is 9.89. The van der Waals surface area contributed by atoms with E-state index >= 15 is 0 Å². The second-order valence-corrected chi connectivity index (χ2v) is 15.3. The number of hydrogen-bond donors (Lipinski definition) is 0. The summed E-state index contributed by atoms with van der Waals surface area (Å²) in [6.07, 6.45) is -10.5. The maximum absolute atomic E-state index is 15.0. The van der Waals surface area contributed by atoms with Crippen molar-refractivity contribution in [1.29, 1.82) is 15.8 Å². The van der Waals surface area contributed by atoms with Crippen LogP contribution in [0.5, 0.6) is 0 Å². The number of nitriles is 3. The minimum absolute atomic E-state index is 0.188. The smallest absolute Gasteiger partial charge is 0.307 e. The van der Waals surface area contributed by atoms with Gasteiger partial charge in [-0.3, -0.25) is 0 Å². The van der Waals surface area contributed by atoms with Crippen molar-refractivity contribution in [3.05, 3.63) is 192 Å². The van der Waals surface area contributed by atoms with Crippen LogP contribution < -0.4 is 0 Å². The first-order chi connectivity index (χ1) is 30.9. The molecule has 0 saturated carbocycles. The summed E-state index contributed by atoms with van der Waals surface area (Å²) in [7, 11) is 0. The van der Waals surface area contributed by atoms with Crippen molar-refractivity contribution in [3.8, 4) is 63.0 Å². The second kappa shape index (κ2) is 14.8.